The van der Waals surface area contributed by atoms with Crippen LogP contribution in [0, 0.1) is 0 Å². The lowest BCUT2D eigenvalue weighted by Crippen LogP contribution is -2.34. The quantitative estimate of drug-likeness (QED) is 0.699. The zero-order valence-electron chi connectivity index (χ0n) is 11.4. The van der Waals surface area contributed by atoms with Gasteiger partial charge in [-0.15, -0.1) is 19.0 Å². The van der Waals surface area contributed by atoms with Crippen molar-refractivity contribution in [2.45, 2.75) is 19.4 Å². The van der Waals surface area contributed by atoms with Gasteiger partial charge in [0.1, 0.15) is 0 Å². The van der Waals surface area contributed by atoms with E-state index in [2.05, 4.69) is 17.2 Å². The van der Waals surface area contributed by atoms with Crippen LogP contribution in [0.1, 0.15) is 23.7 Å². The number of hydrogen-bond acceptors (Lipinski definition) is 3. The van der Waals surface area contributed by atoms with Crippen LogP contribution in [-0.2, 0) is 4.79 Å². The Morgan fingerprint density at radius 2 is 1.95 bits per heavy atom. The molecule has 0 saturated carbocycles. The summed E-state index contributed by atoms with van der Waals surface area (Å²) >= 11 is 0. The number of nitrogens with two attached hydrogens (primary N) is 1. The molecule has 0 heterocycles. The van der Waals surface area contributed by atoms with Crippen LogP contribution in [0.3, 0.4) is 0 Å². The van der Waals surface area contributed by atoms with Crippen molar-refractivity contribution in [2.24, 2.45) is 5.73 Å². The highest BCUT2D eigenvalue weighted by molar-refractivity contribution is 5.97. The average molecular weight is 298 g/mol. The summed E-state index contributed by atoms with van der Waals surface area (Å²) in [5, 5.41) is 5.36. The van der Waals surface area contributed by atoms with Gasteiger partial charge in [0.25, 0.3) is 5.91 Å². The largest absolute Gasteiger partial charge is 0.349 e. The van der Waals surface area contributed by atoms with Crippen molar-refractivity contribution in [3.8, 4) is 0 Å². The fraction of sp³-hybridized carbons (Fsp3) is 0.286. The van der Waals surface area contributed by atoms with E-state index in [-0.39, 0.29) is 24.2 Å². The fourth-order valence-corrected chi connectivity index (χ4v) is 1.39. The second-order valence-corrected chi connectivity index (χ2v) is 4.08. The van der Waals surface area contributed by atoms with Gasteiger partial charge in [0, 0.05) is 17.8 Å². The summed E-state index contributed by atoms with van der Waals surface area (Å²) in [6.45, 7) is 5.79. The molecule has 6 heteroatoms. The van der Waals surface area contributed by atoms with E-state index in [1.54, 1.807) is 30.3 Å². The van der Waals surface area contributed by atoms with Gasteiger partial charge in [-0.25, -0.2) is 0 Å². The molecule has 0 aliphatic heterocycles. The predicted octanol–water partition coefficient (Wildman–Crippen LogP) is 1.70. The van der Waals surface area contributed by atoms with Crippen molar-refractivity contribution in [3.05, 3.63) is 42.5 Å². The number of rotatable bonds is 6. The first-order chi connectivity index (χ1) is 9.08. The van der Waals surface area contributed by atoms with Gasteiger partial charge in [0.15, 0.2) is 0 Å². The maximum Gasteiger partial charge on any atom is 0.251 e. The Morgan fingerprint density at radius 1 is 1.35 bits per heavy atom. The summed E-state index contributed by atoms with van der Waals surface area (Å²) < 4.78 is 0. The molecule has 5 nitrogen and oxygen atoms in total. The van der Waals surface area contributed by atoms with Crippen LogP contribution in [0.4, 0.5) is 5.69 Å². The lowest BCUT2D eigenvalue weighted by molar-refractivity contribution is -0.117. The first-order valence-corrected chi connectivity index (χ1v) is 6.14. The van der Waals surface area contributed by atoms with Crippen molar-refractivity contribution >= 4 is 29.9 Å². The Labute approximate surface area is 125 Å². The van der Waals surface area contributed by atoms with Gasteiger partial charge in [0.05, 0.1) is 6.04 Å². The van der Waals surface area contributed by atoms with E-state index in [0.717, 1.165) is 0 Å². The number of nitrogens with one attached hydrogen (secondary N) is 2. The predicted molar refractivity (Wildman–Crippen MR) is 83.1 cm³/mol. The third kappa shape index (κ3) is 5.42. The standard InChI is InChI=1S/C14H19N3O2.ClH/c1-3-9-16-13(18)10-5-7-11(8-6-10)17-14(19)12(15)4-2;/h3,5-8,12H,1,4,9,15H2,2H3,(H,16,18)(H,17,19);1H/t12-;/m0./s1. The highest BCUT2D eigenvalue weighted by atomic mass is 35.5. The smallest absolute Gasteiger partial charge is 0.251 e. The van der Waals surface area contributed by atoms with Gasteiger partial charge in [-0.2, -0.15) is 0 Å². The maximum absolute atomic E-state index is 11.6. The van der Waals surface area contributed by atoms with Crippen molar-refractivity contribution in [2.75, 3.05) is 11.9 Å². The Kier molecular flexibility index (Phi) is 8.27. The van der Waals surface area contributed by atoms with Gasteiger partial charge in [-0.1, -0.05) is 13.0 Å². The van der Waals surface area contributed by atoms with Gasteiger partial charge in [-0.3, -0.25) is 9.59 Å². The topological polar surface area (TPSA) is 84.2 Å². The molecule has 1 aromatic carbocycles. The van der Waals surface area contributed by atoms with Crippen LogP contribution in [0.15, 0.2) is 36.9 Å². The molecular weight excluding hydrogens is 278 g/mol. The minimum absolute atomic E-state index is 0. The van der Waals surface area contributed by atoms with Crippen molar-refractivity contribution < 1.29 is 9.59 Å². The first-order valence-electron chi connectivity index (χ1n) is 6.14. The molecule has 1 aromatic rings. The van der Waals surface area contributed by atoms with Crippen LogP contribution >= 0.6 is 12.4 Å². The number of carbonyl (C=O) groups is 2. The fourth-order valence-electron chi connectivity index (χ4n) is 1.39. The van der Waals surface area contributed by atoms with Crippen molar-refractivity contribution in [1.82, 2.24) is 5.32 Å². The highest BCUT2D eigenvalue weighted by Crippen LogP contribution is 2.10. The normalized spacial score (nSPS) is 10.9. The molecule has 0 radical (unpaired) electrons. The molecule has 0 aliphatic carbocycles. The van der Waals surface area contributed by atoms with Crippen LogP contribution in [-0.4, -0.2) is 24.4 Å². The summed E-state index contributed by atoms with van der Waals surface area (Å²) in [6.07, 6.45) is 2.19. The van der Waals surface area contributed by atoms with Crippen molar-refractivity contribution in [3.63, 3.8) is 0 Å². The second-order valence-electron chi connectivity index (χ2n) is 4.08. The Hall–Kier alpha value is -1.85. The molecule has 20 heavy (non-hydrogen) atoms. The molecule has 0 saturated heterocycles. The maximum atomic E-state index is 11.6. The van der Waals surface area contributed by atoms with E-state index in [1.165, 1.54) is 0 Å². The zero-order chi connectivity index (χ0) is 14.3. The van der Waals surface area contributed by atoms with E-state index in [4.69, 9.17) is 5.73 Å². The van der Waals surface area contributed by atoms with Crippen LogP contribution < -0.4 is 16.4 Å². The summed E-state index contributed by atoms with van der Waals surface area (Å²) in [7, 11) is 0. The molecule has 1 atom stereocenters. The number of benzene rings is 1. The molecular formula is C14H20ClN3O2. The lowest BCUT2D eigenvalue weighted by atomic mass is 10.1. The molecule has 4 N–H and O–H groups in total. The monoisotopic (exact) mass is 297 g/mol. The number of carbonyl (C=O) groups excluding carboxylic acids is 2. The molecule has 0 bridgehead atoms. The third-order valence-corrected chi connectivity index (χ3v) is 2.60. The molecule has 2 amide bonds. The summed E-state index contributed by atoms with van der Waals surface area (Å²) in [5.41, 5.74) is 6.76. The first kappa shape index (κ1) is 18.1. The summed E-state index contributed by atoms with van der Waals surface area (Å²) in [6, 6.07) is 6.11. The van der Waals surface area contributed by atoms with E-state index in [0.29, 0.717) is 24.2 Å². The second kappa shape index (κ2) is 9.12. The molecule has 0 spiro atoms. The van der Waals surface area contributed by atoms with Gasteiger partial charge in [0.2, 0.25) is 5.91 Å². The molecule has 0 aromatic heterocycles. The number of amides is 2. The number of anilines is 1. The van der Waals surface area contributed by atoms with Crippen LogP contribution in [0.2, 0.25) is 0 Å². The molecule has 0 aliphatic rings. The minimum Gasteiger partial charge on any atom is -0.349 e. The summed E-state index contributed by atoms with van der Waals surface area (Å²) in [4.78, 5) is 23.2. The average Bonchev–Trinajstić information content (AvgIpc) is 2.44. The van der Waals surface area contributed by atoms with E-state index >= 15 is 0 Å². The molecule has 110 valence electrons. The van der Waals surface area contributed by atoms with Crippen LogP contribution in [0.5, 0.6) is 0 Å². The Bertz CT molecular complexity index is 460. The van der Waals surface area contributed by atoms with Crippen molar-refractivity contribution in [1.29, 1.82) is 0 Å². The number of hydrogen-bond donors (Lipinski definition) is 3. The Balaban J connectivity index is 0.00000361. The molecule has 1 rings (SSSR count). The minimum atomic E-state index is -0.518. The SMILES string of the molecule is C=CCNC(=O)c1ccc(NC(=O)[C@@H](N)CC)cc1.Cl. The van der Waals surface area contributed by atoms with E-state index < -0.39 is 6.04 Å². The highest BCUT2D eigenvalue weighted by Gasteiger charge is 2.11. The summed E-state index contributed by atoms with van der Waals surface area (Å²) in [5.74, 6) is -0.408. The van der Waals surface area contributed by atoms with Crippen LogP contribution in [0.25, 0.3) is 0 Å². The lowest BCUT2D eigenvalue weighted by Gasteiger charge is -2.10. The molecule has 0 fully saturated rings. The Morgan fingerprint density at radius 3 is 2.45 bits per heavy atom. The van der Waals surface area contributed by atoms with E-state index in [1.807, 2.05) is 6.92 Å². The zero-order valence-corrected chi connectivity index (χ0v) is 12.2. The third-order valence-electron chi connectivity index (χ3n) is 2.60. The molecule has 0 unspecified atom stereocenters. The van der Waals surface area contributed by atoms with Gasteiger partial charge >= 0.3 is 0 Å². The van der Waals surface area contributed by atoms with Gasteiger partial charge < -0.3 is 16.4 Å². The number of halogens is 1. The van der Waals surface area contributed by atoms with E-state index in [9.17, 15) is 9.59 Å². The van der Waals surface area contributed by atoms with Gasteiger partial charge in [-0.05, 0) is 30.7 Å².